The van der Waals surface area contributed by atoms with E-state index < -0.39 is 11.6 Å². The summed E-state index contributed by atoms with van der Waals surface area (Å²) in [6, 6.07) is 14.0. The molecule has 0 heterocycles. The molecular formula is C15H15F2N. The Balaban J connectivity index is 2.24. The normalized spacial score (nSPS) is 12.4. The molecule has 3 heteroatoms. The Kier molecular flexibility index (Phi) is 4.05. The molecular weight excluding hydrogens is 232 g/mol. The van der Waals surface area contributed by atoms with Crippen LogP contribution in [-0.2, 0) is 6.42 Å². The van der Waals surface area contributed by atoms with Gasteiger partial charge in [0.2, 0.25) is 0 Å². The second kappa shape index (κ2) is 5.74. The lowest BCUT2D eigenvalue weighted by molar-refractivity contribution is 0.487. The Labute approximate surface area is 105 Å². The smallest absolute Gasteiger partial charge is 0.162 e. The molecule has 0 bridgehead atoms. The van der Waals surface area contributed by atoms with Gasteiger partial charge in [0.1, 0.15) is 0 Å². The summed E-state index contributed by atoms with van der Waals surface area (Å²) >= 11 is 0. The van der Waals surface area contributed by atoms with E-state index in [9.17, 15) is 8.78 Å². The van der Waals surface area contributed by atoms with Crippen LogP contribution in [-0.4, -0.2) is 7.05 Å². The van der Waals surface area contributed by atoms with Crippen molar-refractivity contribution in [1.82, 2.24) is 5.32 Å². The number of rotatable bonds is 4. The van der Waals surface area contributed by atoms with Gasteiger partial charge in [-0.2, -0.15) is 0 Å². The maximum absolute atomic E-state index is 13.6. The van der Waals surface area contributed by atoms with Crippen LogP contribution in [0, 0.1) is 11.6 Å². The fourth-order valence-corrected chi connectivity index (χ4v) is 2.00. The van der Waals surface area contributed by atoms with Crippen molar-refractivity contribution in [2.75, 3.05) is 7.05 Å². The predicted octanol–water partition coefficient (Wildman–Crippen LogP) is 3.47. The summed E-state index contributed by atoms with van der Waals surface area (Å²) in [5.41, 5.74) is 1.45. The van der Waals surface area contributed by atoms with Crippen molar-refractivity contribution in [2.24, 2.45) is 0 Å². The van der Waals surface area contributed by atoms with Crippen molar-refractivity contribution >= 4 is 0 Å². The SMILES string of the molecule is CNC(Cc1cccc(F)c1F)c1ccccc1. The lowest BCUT2D eigenvalue weighted by Gasteiger charge is -2.17. The molecule has 0 aliphatic rings. The molecule has 1 nitrogen and oxygen atoms in total. The zero-order valence-electron chi connectivity index (χ0n) is 10.2. The third-order valence-electron chi connectivity index (χ3n) is 3.01. The van der Waals surface area contributed by atoms with Crippen LogP contribution < -0.4 is 5.32 Å². The van der Waals surface area contributed by atoms with Crippen LogP contribution in [0.5, 0.6) is 0 Å². The molecule has 2 aromatic carbocycles. The molecule has 0 fully saturated rings. The molecule has 1 atom stereocenters. The fraction of sp³-hybridized carbons (Fsp3) is 0.200. The largest absolute Gasteiger partial charge is 0.313 e. The summed E-state index contributed by atoms with van der Waals surface area (Å²) in [4.78, 5) is 0. The minimum Gasteiger partial charge on any atom is -0.313 e. The minimum atomic E-state index is -0.796. The van der Waals surface area contributed by atoms with E-state index in [1.807, 2.05) is 37.4 Å². The average molecular weight is 247 g/mol. The van der Waals surface area contributed by atoms with E-state index in [4.69, 9.17) is 0 Å². The van der Waals surface area contributed by atoms with E-state index in [1.54, 1.807) is 6.07 Å². The van der Waals surface area contributed by atoms with Gasteiger partial charge in [-0.1, -0.05) is 42.5 Å². The molecule has 2 aromatic rings. The molecule has 1 N–H and O–H groups in total. The number of hydrogen-bond donors (Lipinski definition) is 1. The Hall–Kier alpha value is -1.74. The third-order valence-corrected chi connectivity index (χ3v) is 3.01. The second-order valence-corrected chi connectivity index (χ2v) is 4.17. The van der Waals surface area contributed by atoms with Crippen molar-refractivity contribution in [3.8, 4) is 0 Å². The number of benzene rings is 2. The van der Waals surface area contributed by atoms with E-state index in [0.717, 1.165) is 11.6 Å². The van der Waals surface area contributed by atoms with Crippen molar-refractivity contribution in [1.29, 1.82) is 0 Å². The first-order valence-corrected chi connectivity index (χ1v) is 5.87. The Morgan fingerprint density at radius 3 is 2.39 bits per heavy atom. The summed E-state index contributed by atoms with van der Waals surface area (Å²) in [5, 5.41) is 3.12. The minimum absolute atomic E-state index is 0.0255. The lowest BCUT2D eigenvalue weighted by atomic mass is 9.98. The van der Waals surface area contributed by atoms with Gasteiger partial charge in [-0.25, -0.2) is 8.78 Å². The fourth-order valence-electron chi connectivity index (χ4n) is 2.00. The van der Waals surface area contributed by atoms with Gasteiger partial charge in [0.05, 0.1) is 0 Å². The van der Waals surface area contributed by atoms with Gasteiger partial charge >= 0.3 is 0 Å². The van der Waals surface area contributed by atoms with Gasteiger partial charge < -0.3 is 5.32 Å². The van der Waals surface area contributed by atoms with Gasteiger partial charge in [-0.15, -0.1) is 0 Å². The van der Waals surface area contributed by atoms with E-state index >= 15 is 0 Å². The van der Waals surface area contributed by atoms with Gasteiger partial charge in [0.15, 0.2) is 11.6 Å². The van der Waals surface area contributed by atoms with Crippen molar-refractivity contribution < 1.29 is 8.78 Å². The molecule has 0 saturated carbocycles. The first kappa shape index (κ1) is 12.7. The molecule has 0 aliphatic carbocycles. The number of nitrogens with one attached hydrogen (secondary N) is 1. The Morgan fingerprint density at radius 1 is 1.00 bits per heavy atom. The van der Waals surface area contributed by atoms with Gasteiger partial charge in [0.25, 0.3) is 0 Å². The van der Waals surface area contributed by atoms with Gasteiger partial charge in [-0.05, 0) is 30.7 Å². The van der Waals surface area contributed by atoms with E-state index in [1.165, 1.54) is 6.07 Å². The quantitative estimate of drug-likeness (QED) is 0.872. The van der Waals surface area contributed by atoms with Crippen LogP contribution in [0.4, 0.5) is 8.78 Å². The van der Waals surface area contributed by atoms with Crippen LogP contribution in [0.2, 0.25) is 0 Å². The highest BCUT2D eigenvalue weighted by molar-refractivity contribution is 5.25. The van der Waals surface area contributed by atoms with Gasteiger partial charge in [0, 0.05) is 6.04 Å². The molecule has 2 rings (SSSR count). The summed E-state index contributed by atoms with van der Waals surface area (Å²) in [7, 11) is 1.81. The summed E-state index contributed by atoms with van der Waals surface area (Å²) in [6.07, 6.45) is 0.421. The summed E-state index contributed by atoms with van der Waals surface area (Å²) in [5.74, 6) is -1.55. The predicted molar refractivity (Wildman–Crippen MR) is 68.3 cm³/mol. The third kappa shape index (κ3) is 2.74. The molecule has 0 radical (unpaired) electrons. The lowest BCUT2D eigenvalue weighted by Crippen LogP contribution is -2.19. The Morgan fingerprint density at radius 2 is 1.72 bits per heavy atom. The summed E-state index contributed by atoms with van der Waals surface area (Å²) < 4.78 is 26.8. The first-order chi connectivity index (χ1) is 8.72. The molecule has 1 unspecified atom stereocenters. The maximum atomic E-state index is 13.6. The summed E-state index contributed by atoms with van der Waals surface area (Å²) in [6.45, 7) is 0. The molecule has 0 amide bonds. The van der Waals surface area contributed by atoms with E-state index in [-0.39, 0.29) is 6.04 Å². The van der Waals surface area contributed by atoms with Crippen molar-refractivity contribution in [3.05, 3.63) is 71.3 Å². The van der Waals surface area contributed by atoms with Gasteiger partial charge in [-0.3, -0.25) is 0 Å². The second-order valence-electron chi connectivity index (χ2n) is 4.17. The van der Waals surface area contributed by atoms with Crippen LogP contribution in [0.1, 0.15) is 17.2 Å². The first-order valence-electron chi connectivity index (χ1n) is 5.87. The van der Waals surface area contributed by atoms with E-state index in [0.29, 0.717) is 12.0 Å². The number of halogens is 2. The molecule has 0 saturated heterocycles. The Bertz CT molecular complexity index is 511. The molecule has 94 valence electrons. The topological polar surface area (TPSA) is 12.0 Å². The van der Waals surface area contributed by atoms with Crippen LogP contribution >= 0.6 is 0 Å². The molecule has 18 heavy (non-hydrogen) atoms. The maximum Gasteiger partial charge on any atom is 0.162 e. The highest BCUT2D eigenvalue weighted by Gasteiger charge is 2.14. The van der Waals surface area contributed by atoms with E-state index in [2.05, 4.69) is 5.32 Å². The molecule has 0 spiro atoms. The number of likely N-dealkylation sites (N-methyl/N-ethyl adjacent to an activating group) is 1. The number of hydrogen-bond acceptors (Lipinski definition) is 1. The average Bonchev–Trinajstić information content (AvgIpc) is 2.41. The molecule has 0 aliphatic heterocycles. The molecule has 0 aromatic heterocycles. The van der Waals surface area contributed by atoms with Crippen molar-refractivity contribution in [3.63, 3.8) is 0 Å². The van der Waals surface area contributed by atoms with Crippen LogP contribution in [0.3, 0.4) is 0 Å². The van der Waals surface area contributed by atoms with Crippen molar-refractivity contribution in [2.45, 2.75) is 12.5 Å². The zero-order chi connectivity index (χ0) is 13.0. The monoisotopic (exact) mass is 247 g/mol. The van der Waals surface area contributed by atoms with Crippen LogP contribution in [0.25, 0.3) is 0 Å². The highest BCUT2D eigenvalue weighted by Crippen LogP contribution is 2.20. The zero-order valence-corrected chi connectivity index (χ0v) is 10.2. The standard InChI is InChI=1S/C15H15F2N/c1-18-14(11-6-3-2-4-7-11)10-12-8-5-9-13(16)15(12)17/h2-9,14,18H,10H2,1H3. The highest BCUT2D eigenvalue weighted by atomic mass is 19.2. The van der Waals surface area contributed by atoms with Crippen LogP contribution in [0.15, 0.2) is 48.5 Å².